The van der Waals surface area contributed by atoms with Gasteiger partial charge in [-0.3, -0.25) is 4.98 Å². The molecule has 3 aromatic rings. The fraction of sp³-hybridized carbons (Fsp3) is 0.375. The Hall–Kier alpha value is -1.88. The molecule has 1 N–H and O–H groups in total. The van der Waals surface area contributed by atoms with Crippen LogP contribution in [0, 0.1) is 5.92 Å². The van der Waals surface area contributed by atoms with E-state index in [0.29, 0.717) is 12.5 Å². The summed E-state index contributed by atoms with van der Waals surface area (Å²) in [6.07, 6.45) is 1.80. The quantitative estimate of drug-likeness (QED) is 0.762. The zero-order chi connectivity index (χ0) is 14.8. The van der Waals surface area contributed by atoms with Crippen LogP contribution < -0.4 is 10.1 Å². The summed E-state index contributed by atoms with van der Waals surface area (Å²) in [5.41, 5.74) is 1.88. The van der Waals surface area contributed by atoms with Gasteiger partial charge in [-0.1, -0.05) is 25.2 Å². The maximum absolute atomic E-state index is 5.95. The molecule has 2 aromatic heterocycles. The summed E-state index contributed by atoms with van der Waals surface area (Å²) in [4.78, 5) is 9.16. The van der Waals surface area contributed by atoms with E-state index in [1.165, 1.54) is 0 Å². The molecular weight excluding hydrogens is 282 g/mol. The minimum Gasteiger partial charge on any atom is -0.491 e. The molecule has 0 aliphatic carbocycles. The van der Waals surface area contributed by atoms with Gasteiger partial charge in [0.05, 0.1) is 16.8 Å². The zero-order valence-corrected chi connectivity index (χ0v) is 13.3. The Morgan fingerprint density at radius 3 is 2.95 bits per heavy atom. The van der Waals surface area contributed by atoms with E-state index in [2.05, 4.69) is 48.2 Å². The maximum atomic E-state index is 5.95. The van der Waals surface area contributed by atoms with Crippen LogP contribution in [0.1, 0.15) is 20.8 Å². The van der Waals surface area contributed by atoms with E-state index in [9.17, 15) is 0 Å². The van der Waals surface area contributed by atoms with E-state index in [4.69, 9.17) is 4.74 Å². The molecule has 21 heavy (non-hydrogen) atoms. The van der Waals surface area contributed by atoms with Crippen LogP contribution in [0.2, 0.25) is 0 Å². The van der Waals surface area contributed by atoms with Crippen molar-refractivity contribution in [2.75, 3.05) is 18.5 Å². The second-order valence-corrected chi connectivity index (χ2v) is 6.41. The molecule has 0 radical (unpaired) electrons. The summed E-state index contributed by atoms with van der Waals surface area (Å²) in [5, 5.41) is 5.27. The Labute approximate surface area is 128 Å². The number of hydrogen-bond donors (Lipinski definition) is 1. The molecule has 1 aromatic carbocycles. The Morgan fingerprint density at radius 2 is 2.19 bits per heavy atom. The molecule has 0 aliphatic heterocycles. The fourth-order valence-electron chi connectivity index (χ4n) is 2.20. The van der Waals surface area contributed by atoms with Gasteiger partial charge in [-0.05, 0) is 25.0 Å². The predicted octanol–water partition coefficient (Wildman–Crippen LogP) is 4.31. The number of fused-ring (bicyclic) bond motifs is 3. The van der Waals surface area contributed by atoms with Crippen LogP contribution in [-0.4, -0.2) is 23.1 Å². The first-order chi connectivity index (χ1) is 10.2. The standard InChI is InChI=1S/C16H19N3OS/c1-4-17-16-19-15-11-6-5-7-18-14(11)12(8-13(15)21-16)20-9-10(2)3/h5-8,10H,4,9H2,1-3H3,(H,17,19). The van der Waals surface area contributed by atoms with E-state index in [1.54, 1.807) is 17.5 Å². The van der Waals surface area contributed by atoms with Crippen LogP contribution in [0.25, 0.3) is 21.1 Å². The topological polar surface area (TPSA) is 47.0 Å². The lowest BCUT2D eigenvalue weighted by Crippen LogP contribution is -2.05. The first-order valence-corrected chi connectivity index (χ1v) is 8.05. The molecule has 4 nitrogen and oxygen atoms in total. The van der Waals surface area contributed by atoms with Gasteiger partial charge in [0.15, 0.2) is 5.13 Å². The zero-order valence-electron chi connectivity index (χ0n) is 12.5. The summed E-state index contributed by atoms with van der Waals surface area (Å²) in [7, 11) is 0. The van der Waals surface area contributed by atoms with Crippen LogP contribution in [0.15, 0.2) is 24.4 Å². The molecule has 0 saturated carbocycles. The monoisotopic (exact) mass is 301 g/mol. The summed E-state index contributed by atoms with van der Waals surface area (Å²) < 4.78 is 7.08. The maximum Gasteiger partial charge on any atom is 0.183 e. The smallest absolute Gasteiger partial charge is 0.183 e. The molecule has 0 aliphatic rings. The molecule has 0 spiro atoms. The third-order valence-electron chi connectivity index (χ3n) is 3.11. The number of rotatable bonds is 5. The molecule has 0 atom stereocenters. The third-order valence-corrected chi connectivity index (χ3v) is 4.07. The SMILES string of the molecule is CCNc1nc2c(cc(OCC(C)C)c3ncccc32)s1. The average Bonchev–Trinajstić information content (AvgIpc) is 2.88. The Morgan fingerprint density at radius 1 is 1.33 bits per heavy atom. The van der Waals surface area contributed by atoms with E-state index in [1.807, 2.05) is 6.07 Å². The highest BCUT2D eigenvalue weighted by atomic mass is 32.1. The first kappa shape index (κ1) is 14.1. The average molecular weight is 301 g/mol. The number of hydrogen-bond acceptors (Lipinski definition) is 5. The van der Waals surface area contributed by atoms with Crippen molar-refractivity contribution in [2.45, 2.75) is 20.8 Å². The highest BCUT2D eigenvalue weighted by Gasteiger charge is 2.13. The first-order valence-electron chi connectivity index (χ1n) is 7.24. The van der Waals surface area contributed by atoms with Crippen molar-refractivity contribution in [3.63, 3.8) is 0 Å². The minimum atomic E-state index is 0.484. The van der Waals surface area contributed by atoms with Gasteiger partial charge in [0, 0.05) is 24.2 Å². The van der Waals surface area contributed by atoms with Gasteiger partial charge < -0.3 is 10.1 Å². The lowest BCUT2D eigenvalue weighted by molar-refractivity contribution is 0.274. The number of nitrogens with zero attached hydrogens (tertiary/aromatic N) is 2. The van der Waals surface area contributed by atoms with Gasteiger partial charge in [-0.25, -0.2) is 4.98 Å². The van der Waals surface area contributed by atoms with Gasteiger partial charge in [0.1, 0.15) is 11.3 Å². The summed E-state index contributed by atoms with van der Waals surface area (Å²) >= 11 is 1.66. The summed E-state index contributed by atoms with van der Waals surface area (Å²) in [6, 6.07) is 6.06. The van der Waals surface area contributed by atoms with Crippen molar-refractivity contribution < 1.29 is 4.74 Å². The van der Waals surface area contributed by atoms with Crippen molar-refractivity contribution in [1.82, 2.24) is 9.97 Å². The number of ether oxygens (including phenoxy) is 1. The highest BCUT2D eigenvalue weighted by molar-refractivity contribution is 7.22. The minimum absolute atomic E-state index is 0.484. The highest BCUT2D eigenvalue weighted by Crippen LogP contribution is 2.36. The van der Waals surface area contributed by atoms with Crippen LogP contribution >= 0.6 is 11.3 Å². The second kappa shape index (κ2) is 5.85. The Kier molecular flexibility index (Phi) is 3.92. The number of pyridine rings is 1. The molecule has 0 fully saturated rings. The van der Waals surface area contributed by atoms with E-state index >= 15 is 0 Å². The van der Waals surface area contributed by atoms with Crippen LogP contribution in [0.5, 0.6) is 5.75 Å². The van der Waals surface area contributed by atoms with Crippen molar-refractivity contribution in [3.05, 3.63) is 24.4 Å². The van der Waals surface area contributed by atoms with E-state index < -0.39 is 0 Å². The lowest BCUT2D eigenvalue weighted by atomic mass is 10.2. The van der Waals surface area contributed by atoms with Gasteiger partial charge in [-0.15, -0.1) is 0 Å². The molecule has 0 bridgehead atoms. The molecule has 3 rings (SSSR count). The lowest BCUT2D eigenvalue weighted by Gasteiger charge is -2.10. The van der Waals surface area contributed by atoms with Crippen molar-refractivity contribution in [1.29, 1.82) is 0 Å². The van der Waals surface area contributed by atoms with Crippen molar-refractivity contribution in [2.24, 2.45) is 5.92 Å². The van der Waals surface area contributed by atoms with Gasteiger partial charge in [0.25, 0.3) is 0 Å². The molecule has 110 valence electrons. The Bertz CT molecular complexity index is 767. The fourth-order valence-corrected chi connectivity index (χ4v) is 3.18. The van der Waals surface area contributed by atoms with Gasteiger partial charge in [0.2, 0.25) is 0 Å². The van der Waals surface area contributed by atoms with Gasteiger partial charge >= 0.3 is 0 Å². The molecule has 0 amide bonds. The molecule has 5 heteroatoms. The van der Waals surface area contributed by atoms with E-state index in [0.717, 1.165) is 38.5 Å². The number of aromatic nitrogens is 2. The predicted molar refractivity (Wildman–Crippen MR) is 89.4 cm³/mol. The Balaban J connectivity index is 2.16. The van der Waals surface area contributed by atoms with Crippen LogP contribution in [-0.2, 0) is 0 Å². The number of benzene rings is 1. The van der Waals surface area contributed by atoms with Crippen LogP contribution in [0.3, 0.4) is 0 Å². The van der Waals surface area contributed by atoms with Crippen LogP contribution in [0.4, 0.5) is 5.13 Å². The molecule has 0 unspecified atom stereocenters. The normalized spacial score (nSPS) is 11.4. The number of thiazole rings is 1. The largest absolute Gasteiger partial charge is 0.491 e. The van der Waals surface area contributed by atoms with E-state index in [-0.39, 0.29) is 0 Å². The summed E-state index contributed by atoms with van der Waals surface area (Å²) in [6.45, 7) is 7.92. The third kappa shape index (κ3) is 2.78. The van der Waals surface area contributed by atoms with Gasteiger partial charge in [-0.2, -0.15) is 0 Å². The number of anilines is 1. The molecule has 0 saturated heterocycles. The molecular formula is C16H19N3OS. The van der Waals surface area contributed by atoms with Crippen molar-refractivity contribution >= 4 is 37.6 Å². The molecule has 2 heterocycles. The number of nitrogens with one attached hydrogen (secondary N) is 1. The van der Waals surface area contributed by atoms with Crippen molar-refractivity contribution in [3.8, 4) is 5.75 Å². The second-order valence-electron chi connectivity index (χ2n) is 5.38. The summed E-state index contributed by atoms with van der Waals surface area (Å²) in [5.74, 6) is 1.33.